The smallest absolute Gasteiger partial charge is 0.270 e. The maximum Gasteiger partial charge on any atom is 0.270 e. The van der Waals surface area contributed by atoms with Crippen LogP contribution in [-0.2, 0) is 20.9 Å². The third-order valence-corrected chi connectivity index (χ3v) is 6.14. The van der Waals surface area contributed by atoms with Crippen molar-refractivity contribution in [1.82, 2.24) is 9.88 Å². The number of aromatic nitrogens is 1. The van der Waals surface area contributed by atoms with Gasteiger partial charge in [0.15, 0.2) is 5.11 Å². The van der Waals surface area contributed by atoms with E-state index in [2.05, 4.69) is 10.6 Å². The van der Waals surface area contributed by atoms with Gasteiger partial charge in [0.1, 0.15) is 12.1 Å². The zero-order valence-electron chi connectivity index (χ0n) is 19.4. The molecular formula is C28H22N4O3S. The van der Waals surface area contributed by atoms with Crippen LogP contribution in [0.2, 0.25) is 0 Å². The Morgan fingerprint density at radius 1 is 1.00 bits per heavy atom. The second kappa shape index (κ2) is 9.59. The van der Waals surface area contributed by atoms with Crippen LogP contribution in [0.3, 0.4) is 0 Å². The predicted molar refractivity (Wildman–Crippen MR) is 144 cm³/mol. The minimum atomic E-state index is -0.562. The van der Waals surface area contributed by atoms with E-state index in [9.17, 15) is 14.4 Å². The van der Waals surface area contributed by atoms with Gasteiger partial charge in [-0.2, -0.15) is 0 Å². The van der Waals surface area contributed by atoms with Crippen LogP contribution in [0.5, 0.6) is 0 Å². The number of benzene rings is 3. The first-order valence-corrected chi connectivity index (χ1v) is 11.7. The lowest BCUT2D eigenvalue weighted by atomic mass is 10.1. The number of rotatable bonds is 5. The largest absolute Gasteiger partial charge is 0.337 e. The molecule has 1 fully saturated rings. The topological polar surface area (TPSA) is 83.4 Å². The molecule has 1 aliphatic rings. The maximum absolute atomic E-state index is 13.4. The first-order valence-electron chi connectivity index (χ1n) is 11.3. The number of nitrogens with one attached hydrogen (secondary N) is 2. The molecule has 0 unspecified atom stereocenters. The molecule has 0 radical (unpaired) electrons. The fourth-order valence-corrected chi connectivity index (χ4v) is 4.49. The number of para-hydroxylation sites is 2. The molecule has 3 aromatic carbocycles. The molecule has 1 saturated heterocycles. The highest BCUT2D eigenvalue weighted by atomic mass is 32.1. The number of carbonyl (C=O) groups excluding carboxylic acids is 3. The van der Waals surface area contributed by atoms with Gasteiger partial charge >= 0.3 is 0 Å². The lowest BCUT2D eigenvalue weighted by Crippen LogP contribution is -2.54. The third kappa shape index (κ3) is 4.54. The van der Waals surface area contributed by atoms with Crippen LogP contribution in [0.1, 0.15) is 11.1 Å². The molecule has 1 aliphatic heterocycles. The summed E-state index contributed by atoms with van der Waals surface area (Å²) in [5.74, 6) is -1.26. The first-order chi connectivity index (χ1) is 17.4. The molecule has 2 N–H and O–H groups in total. The molecule has 0 saturated carbocycles. The Bertz CT molecular complexity index is 1560. The molecule has 7 nitrogen and oxygen atoms in total. The highest BCUT2D eigenvalue weighted by Crippen LogP contribution is 2.27. The summed E-state index contributed by atoms with van der Waals surface area (Å²) in [6.45, 7) is 1.98. The average molecular weight is 495 g/mol. The highest BCUT2D eigenvalue weighted by Gasteiger charge is 2.34. The van der Waals surface area contributed by atoms with E-state index in [0.717, 1.165) is 16.5 Å². The van der Waals surface area contributed by atoms with Crippen LogP contribution >= 0.6 is 12.2 Å². The Kier molecular flexibility index (Phi) is 6.18. The summed E-state index contributed by atoms with van der Waals surface area (Å²) >= 11 is 5.30. The number of hydrogen-bond acceptors (Lipinski definition) is 4. The van der Waals surface area contributed by atoms with Crippen LogP contribution in [0, 0.1) is 6.92 Å². The fourth-order valence-electron chi connectivity index (χ4n) is 4.21. The quantitative estimate of drug-likeness (QED) is 0.244. The van der Waals surface area contributed by atoms with E-state index >= 15 is 0 Å². The van der Waals surface area contributed by atoms with E-state index in [4.69, 9.17) is 12.2 Å². The number of amides is 3. The molecule has 3 amide bonds. The number of hydrogen-bond donors (Lipinski definition) is 2. The second-order valence-electron chi connectivity index (χ2n) is 8.44. The number of nitrogens with zero attached hydrogens (tertiary/aromatic N) is 2. The summed E-state index contributed by atoms with van der Waals surface area (Å²) in [6, 6.07) is 24.1. The van der Waals surface area contributed by atoms with Crippen molar-refractivity contribution in [2.24, 2.45) is 0 Å². The summed E-state index contributed by atoms with van der Waals surface area (Å²) in [6.07, 6.45) is 3.32. The molecule has 1 aromatic heterocycles. The SMILES string of the molecule is Cc1cccc(N2C(=O)/C(=C\c3cn(CC(=O)Nc4ccccc4)c4ccccc34)C(=O)NC2=S)c1. The molecule has 0 bridgehead atoms. The van der Waals surface area contributed by atoms with Gasteiger partial charge in [0.25, 0.3) is 11.8 Å². The van der Waals surface area contributed by atoms with E-state index in [-0.39, 0.29) is 23.1 Å². The molecule has 0 atom stereocenters. The minimum absolute atomic E-state index is 0.0350. The van der Waals surface area contributed by atoms with Crippen LogP contribution in [-0.4, -0.2) is 27.4 Å². The van der Waals surface area contributed by atoms with Crippen LogP contribution < -0.4 is 15.5 Å². The van der Waals surface area contributed by atoms with Gasteiger partial charge in [0.2, 0.25) is 5.91 Å². The van der Waals surface area contributed by atoms with Crippen molar-refractivity contribution in [1.29, 1.82) is 0 Å². The number of thiocarbonyl (C=S) groups is 1. The third-order valence-electron chi connectivity index (χ3n) is 5.85. The Hall–Kier alpha value is -4.56. The maximum atomic E-state index is 13.4. The molecule has 178 valence electrons. The fraction of sp³-hybridized carbons (Fsp3) is 0.0714. The van der Waals surface area contributed by atoms with E-state index in [1.807, 2.05) is 79.7 Å². The predicted octanol–water partition coefficient (Wildman–Crippen LogP) is 4.42. The standard InChI is InChI=1S/C28H22N4O3S/c1-18-8-7-11-21(14-18)32-27(35)23(26(34)30-28(32)36)15-19-16-31(24-13-6-5-12-22(19)24)17-25(33)29-20-9-3-2-4-10-20/h2-16H,17H2,1H3,(H,29,33)(H,30,34,36)/b23-15-. The molecular weight excluding hydrogens is 472 g/mol. The molecule has 4 aromatic rings. The molecule has 0 aliphatic carbocycles. The van der Waals surface area contributed by atoms with Crippen molar-refractivity contribution in [3.05, 3.63) is 102 Å². The van der Waals surface area contributed by atoms with Gasteiger partial charge in [-0.15, -0.1) is 0 Å². The lowest BCUT2D eigenvalue weighted by Gasteiger charge is -2.29. The van der Waals surface area contributed by atoms with Crippen molar-refractivity contribution in [2.75, 3.05) is 10.2 Å². The summed E-state index contributed by atoms with van der Waals surface area (Å²) < 4.78 is 1.80. The van der Waals surface area contributed by atoms with Gasteiger partial charge in [-0.3, -0.25) is 24.6 Å². The van der Waals surface area contributed by atoms with E-state index < -0.39 is 11.8 Å². The van der Waals surface area contributed by atoms with Gasteiger partial charge in [-0.25, -0.2) is 0 Å². The van der Waals surface area contributed by atoms with E-state index in [1.165, 1.54) is 4.90 Å². The molecule has 36 heavy (non-hydrogen) atoms. The molecule has 5 rings (SSSR count). The zero-order valence-corrected chi connectivity index (χ0v) is 20.2. The Labute approximate surface area is 213 Å². The lowest BCUT2D eigenvalue weighted by molar-refractivity contribution is -0.122. The second-order valence-corrected chi connectivity index (χ2v) is 8.83. The Morgan fingerprint density at radius 3 is 2.53 bits per heavy atom. The Morgan fingerprint density at radius 2 is 1.75 bits per heavy atom. The van der Waals surface area contributed by atoms with Crippen molar-refractivity contribution in [3.8, 4) is 0 Å². The Balaban J connectivity index is 1.49. The average Bonchev–Trinajstić information content (AvgIpc) is 3.19. The van der Waals surface area contributed by atoms with E-state index in [0.29, 0.717) is 16.9 Å². The first kappa shape index (κ1) is 23.2. The molecule has 8 heteroatoms. The van der Waals surface area contributed by atoms with Crippen molar-refractivity contribution < 1.29 is 14.4 Å². The van der Waals surface area contributed by atoms with Crippen molar-refractivity contribution in [3.63, 3.8) is 0 Å². The summed E-state index contributed by atoms with van der Waals surface area (Å²) in [5.41, 5.74) is 3.66. The van der Waals surface area contributed by atoms with Crippen LogP contribution in [0.15, 0.2) is 90.6 Å². The van der Waals surface area contributed by atoms with Crippen LogP contribution in [0.4, 0.5) is 11.4 Å². The van der Waals surface area contributed by atoms with Crippen molar-refractivity contribution >= 4 is 63.4 Å². The van der Waals surface area contributed by atoms with Gasteiger partial charge < -0.3 is 9.88 Å². The van der Waals surface area contributed by atoms with Crippen LogP contribution in [0.25, 0.3) is 17.0 Å². The highest BCUT2D eigenvalue weighted by molar-refractivity contribution is 7.80. The number of anilines is 2. The van der Waals surface area contributed by atoms with Gasteiger partial charge in [-0.1, -0.05) is 48.5 Å². The van der Waals surface area contributed by atoms with Gasteiger partial charge in [0, 0.05) is 28.4 Å². The number of fused-ring (bicyclic) bond motifs is 1. The summed E-state index contributed by atoms with van der Waals surface area (Å²) in [7, 11) is 0. The van der Waals surface area contributed by atoms with Gasteiger partial charge in [0.05, 0.1) is 5.69 Å². The molecule has 2 heterocycles. The number of carbonyl (C=O) groups is 3. The summed E-state index contributed by atoms with van der Waals surface area (Å²) in [4.78, 5) is 40.3. The normalized spacial score (nSPS) is 14.9. The monoisotopic (exact) mass is 494 g/mol. The minimum Gasteiger partial charge on any atom is -0.337 e. The molecule has 0 spiro atoms. The summed E-state index contributed by atoms with van der Waals surface area (Å²) in [5, 5.41) is 6.35. The number of aryl methyl sites for hydroxylation is 1. The zero-order chi connectivity index (χ0) is 25.2. The van der Waals surface area contributed by atoms with E-state index in [1.54, 1.807) is 22.9 Å². The van der Waals surface area contributed by atoms with Crippen molar-refractivity contribution in [2.45, 2.75) is 13.5 Å². The van der Waals surface area contributed by atoms with Gasteiger partial charge in [-0.05, 0) is 61.1 Å².